The van der Waals surface area contributed by atoms with E-state index in [0.717, 1.165) is 61.2 Å². The van der Waals surface area contributed by atoms with Crippen LogP contribution in [0.2, 0.25) is 0 Å². The molecule has 2 heterocycles. The second-order valence-electron chi connectivity index (χ2n) is 7.54. The molecule has 4 aromatic carbocycles. The first-order chi connectivity index (χ1) is 15.0. The summed E-state index contributed by atoms with van der Waals surface area (Å²) in [5.74, 6) is 0. The van der Waals surface area contributed by atoms with E-state index in [1.807, 2.05) is 6.07 Å². The minimum absolute atomic E-state index is 0.996. The highest BCUT2D eigenvalue weighted by molar-refractivity contribution is 9.11. The van der Waals surface area contributed by atoms with Gasteiger partial charge in [-0.25, -0.2) is 4.99 Å². The van der Waals surface area contributed by atoms with Crippen molar-refractivity contribution in [3.63, 3.8) is 0 Å². The number of halogens is 4. The van der Waals surface area contributed by atoms with Gasteiger partial charge in [-0.1, -0.05) is 63.7 Å². The Bertz CT molecular complexity index is 1790. The van der Waals surface area contributed by atoms with Crippen LogP contribution in [0, 0.1) is 10.4 Å². The summed E-state index contributed by atoms with van der Waals surface area (Å²) in [4.78, 5) is 8.36. The lowest BCUT2D eigenvalue weighted by Gasteiger charge is -2.02. The van der Waals surface area contributed by atoms with Crippen LogP contribution in [0.5, 0.6) is 0 Å². The van der Waals surface area contributed by atoms with Gasteiger partial charge in [0.05, 0.1) is 11.0 Å². The SMILES string of the molecule is Brc1ccc2c(c1)=c1cc(Br)c(=Cc3cc4[nH]c5ccc(Br)cc5c4cc3Br)cc1N=2. The van der Waals surface area contributed by atoms with Crippen LogP contribution in [0.15, 0.2) is 83.5 Å². The molecule has 0 amide bonds. The van der Waals surface area contributed by atoms with Crippen molar-refractivity contribution in [2.45, 2.75) is 0 Å². The third kappa shape index (κ3) is 3.35. The van der Waals surface area contributed by atoms with Crippen LogP contribution in [-0.4, -0.2) is 4.98 Å². The minimum atomic E-state index is 0.996. The first kappa shape index (κ1) is 19.9. The Balaban J connectivity index is 1.58. The quantitative estimate of drug-likeness (QED) is 0.187. The van der Waals surface area contributed by atoms with E-state index in [9.17, 15) is 0 Å². The zero-order valence-corrected chi connectivity index (χ0v) is 22.2. The molecule has 0 fully saturated rings. The molecule has 1 aliphatic heterocycles. The van der Waals surface area contributed by atoms with Crippen molar-refractivity contribution in [1.29, 1.82) is 0 Å². The molecular weight excluding hydrogens is 648 g/mol. The van der Waals surface area contributed by atoms with Crippen molar-refractivity contribution in [3.05, 3.63) is 105 Å². The van der Waals surface area contributed by atoms with Crippen molar-refractivity contribution >= 4 is 97.3 Å². The zero-order valence-electron chi connectivity index (χ0n) is 15.8. The molecule has 0 aliphatic carbocycles. The first-order valence-electron chi connectivity index (χ1n) is 9.57. The van der Waals surface area contributed by atoms with Gasteiger partial charge < -0.3 is 4.98 Å². The zero-order chi connectivity index (χ0) is 21.3. The topological polar surface area (TPSA) is 28.1 Å². The van der Waals surface area contributed by atoms with E-state index in [2.05, 4.69) is 129 Å². The summed E-state index contributed by atoms with van der Waals surface area (Å²) in [6, 6.07) is 21.2. The third-order valence-corrected chi connectivity index (χ3v) is 7.95. The summed E-state index contributed by atoms with van der Waals surface area (Å²) >= 11 is 14.7. The molecule has 0 unspecified atom stereocenters. The summed E-state index contributed by atoms with van der Waals surface area (Å²) in [6.07, 6.45) is 2.18. The number of hydrogen-bond acceptors (Lipinski definition) is 1. The largest absolute Gasteiger partial charge is 0.354 e. The Morgan fingerprint density at radius 1 is 0.677 bits per heavy atom. The van der Waals surface area contributed by atoms with Crippen molar-refractivity contribution in [2.75, 3.05) is 0 Å². The molecule has 6 heteroatoms. The van der Waals surface area contributed by atoms with Gasteiger partial charge in [0.25, 0.3) is 0 Å². The Morgan fingerprint density at radius 3 is 2.32 bits per heavy atom. The van der Waals surface area contributed by atoms with E-state index in [4.69, 9.17) is 4.99 Å². The van der Waals surface area contributed by atoms with Gasteiger partial charge in [-0.05, 0) is 77.5 Å². The average molecular weight is 660 g/mol. The van der Waals surface area contributed by atoms with Crippen LogP contribution in [0.4, 0.5) is 5.69 Å². The predicted octanol–water partition coefficient (Wildman–Crippen LogP) is 7.75. The van der Waals surface area contributed by atoms with Crippen LogP contribution in [0.25, 0.3) is 27.9 Å². The molecule has 0 saturated heterocycles. The summed E-state index contributed by atoms with van der Waals surface area (Å²) in [7, 11) is 0. The number of fused-ring (bicyclic) bond motifs is 5. The summed E-state index contributed by atoms with van der Waals surface area (Å²) < 4.78 is 4.23. The van der Waals surface area contributed by atoms with Gasteiger partial charge in [0, 0.05) is 50.1 Å². The van der Waals surface area contributed by atoms with Gasteiger partial charge in [0.15, 0.2) is 0 Å². The summed E-state index contributed by atoms with van der Waals surface area (Å²) in [5.41, 5.74) is 4.35. The number of rotatable bonds is 1. The second kappa shape index (κ2) is 7.41. The van der Waals surface area contributed by atoms with E-state index < -0.39 is 0 Å². The first-order valence-corrected chi connectivity index (χ1v) is 12.7. The predicted molar refractivity (Wildman–Crippen MR) is 141 cm³/mol. The fraction of sp³-hybridized carbons (Fsp3) is 0. The third-order valence-electron chi connectivity index (χ3n) is 5.59. The maximum absolute atomic E-state index is 4.83. The Hall–Kier alpha value is -1.73. The Labute approximate surface area is 210 Å². The van der Waals surface area contributed by atoms with Gasteiger partial charge in [-0.2, -0.15) is 0 Å². The van der Waals surface area contributed by atoms with Crippen molar-refractivity contribution in [2.24, 2.45) is 4.99 Å². The standard InChI is InChI=1S/C25H12Br4N2/c26-14-1-3-22-16(8-14)18-10-20(28)12(6-24(18)30-22)5-13-7-25-19(11-21(13)29)17-9-15(27)2-4-23(17)31-25/h1-11,30H. The van der Waals surface area contributed by atoms with Crippen LogP contribution in [0.3, 0.4) is 0 Å². The number of aromatic amines is 1. The van der Waals surface area contributed by atoms with Crippen molar-refractivity contribution in [1.82, 2.24) is 4.98 Å². The van der Waals surface area contributed by atoms with E-state index in [-0.39, 0.29) is 0 Å². The molecule has 1 N–H and O–H groups in total. The number of aromatic nitrogens is 1. The second-order valence-corrected chi connectivity index (χ2v) is 11.1. The highest BCUT2D eigenvalue weighted by atomic mass is 79.9. The van der Waals surface area contributed by atoms with Gasteiger partial charge in [0.1, 0.15) is 0 Å². The van der Waals surface area contributed by atoms with Crippen LogP contribution in [-0.2, 0) is 0 Å². The molecule has 150 valence electrons. The molecule has 5 aromatic rings. The highest BCUT2D eigenvalue weighted by Gasteiger charge is 2.10. The molecule has 1 aliphatic rings. The van der Waals surface area contributed by atoms with E-state index in [0.29, 0.717) is 0 Å². The lowest BCUT2D eigenvalue weighted by molar-refractivity contribution is 1.36. The number of nitrogens with zero attached hydrogens (tertiary/aromatic N) is 1. The molecule has 6 rings (SSSR count). The Morgan fingerprint density at radius 2 is 1.45 bits per heavy atom. The fourth-order valence-electron chi connectivity index (χ4n) is 4.14. The Kier molecular flexibility index (Phi) is 4.76. The maximum atomic E-state index is 4.83. The number of benzene rings is 4. The van der Waals surface area contributed by atoms with Gasteiger partial charge in [0.2, 0.25) is 0 Å². The van der Waals surface area contributed by atoms with E-state index in [1.165, 1.54) is 10.8 Å². The lowest BCUT2D eigenvalue weighted by Crippen LogP contribution is -2.02. The van der Waals surface area contributed by atoms with E-state index >= 15 is 0 Å². The molecule has 1 aromatic heterocycles. The number of H-pyrrole nitrogens is 1. The number of nitrogens with one attached hydrogen (secondary N) is 1. The number of hydrogen-bond donors (Lipinski definition) is 1. The molecule has 0 spiro atoms. The molecule has 0 radical (unpaired) electrons. The van der Waals surface area contributed by atoms with Crippen LogP contribution >= 0.6 is 63.7 Å². The van der Waals surface area contributed by atoms with Gasteiger partial charge >= 0.3 is 0 Å². The maximum Gasteiger partial charge on any atom is 0.0723 e. The summed E-state index contributed by atoms with van der Waals surface area (Å²) in [5, 5.41) is 6.81. The van der Waals surface area contributed by atoms with Gasteiger partial charge in [-0.15, -0.1) is 0 Å². The lowest BCUT2D eigenvalue weighted by atomic mass is 10.1. The molecule has 31 heavy (non-hydrogen) atoms. The van der Waals surface area contributed by atoms with Crippen LogP contribution in [0.1, 0.15) is 5.56 Å². The fourth-order valence-corrected chi connectivity index (χ4v) is 5.77. The average Bonchev–Trinajstić information content (AvgIpc) is 3.25. The van der Waals surface area contributed by atoms with Crippen molar-refractivity contribution < 1.29 is 0 Å². The molecule has 0 saturated carbocycles. The molecular formula is C25H12Br4N2. The van der Waals surface area contributed by atoms with Crippen molar-refractivity contribution in [3.8, 4) is 0 Å². The summed E-state index contributed by atoms with van der Waals surface area (Å²) in [6.45, 7) is 0. The molecule has 0 atom stereocenters. The highest BCUT2D eigenvalue weighted by Crippen LogP contribution is 2.32. The minimum Gasteiger partial charge on any atom is -0.354 e. The normalized spacial score (nSPS) is 13.0. The monoisotopic (exact) mass is 656 g/mol. The molecule has 2 nitrogen and oxygen atoms in total. The van der Waals surface area contributed by atoms with Gasteiger partial charge in [-0.3, -0.25) is 0 Å². The van der Waals surface area contributed by atoms with Crippen LogP contribution < -0.4 is 10.6 Å². The molecule has 0 bridgehead atoms. The smallest absolute Gasteiger partial charge is 0.0723 e. The van der Waals surface area contributed by atoms with E-state index in [1.54, 1.807) is 0 Å².